The summed E-state index contributed by atoms with van der Waals surface area (Å²) in [5.74, 6) is -20.5. The van der Waals surface area contributed by atoms with Crippen LogP contribution in [-0.2, 0) is 71.9 Å². The molecule has 0 aromatic rings. The van der Waals surface area contributed by atoms with Gasteiger partial charge in [-0.3, -0.25) is 71.9 Å². The number of amides is 10. The van der Waals surface area contributed by atoms with Crippen molar-refractivity contribution in [2.45, 2.75) is 154 Å². The summed E-state index contributed by atoms with van der Waals surface area (Å²) >= 11 is 0. The number of nitrogens with one attached hydrogen (secondary N) is 9. The number of carboxylic acid groups (broad SMARTS) is 5. The average Bonchev–Trinajstić information content (AvgIpc) is 3.81. The molecule has 0 aromatic carbocycles. The smallest absolute Gasteiger partial charge is 0.325 e. The number of likely N-dealkylation sites (tertiary alicyclic amines) is 1. The number of carbonyl (C=O) groups excluding carboxylic acids is 10. The number of rotatable bonds is 33. The lowest BCUT2D eigenvalue weighted by atomic mass is 10.00. The van der Waals surface area contributed by atoms with E-state index in [2.05, 4.69) is 31.9 Å². The van der Waals surface area contributed by atoms with Gasteiger partial charge in [0.1, 0.15) is 54.4 Å². The number of aliphatic hydroxyl groups is 1. The molecular weight excluding hydrogens is 1030 g/mol. The Morgan fingerprint density at radius 3 is 1.43 bits per heavy atom. The molecule has 0 saturated carbocycles. The summed E-state index contributed by atoms with van der Waals surface area (Å²) in [6.45, 7) is 8.15. The molecule has 17 N–H and O–H groups in total. The van der Waals surface area contributed by atoms with Crippen LogP contribution >= 0.6 is 0 Å². The molecule has 32 heteroatoms. The van der Waals surface area contributed by atoms with E-state index in [1.807, 2.05) is 16.0 Å². The Morgan fingerprint density at radius 2 is 0.948 bits per heavy atom. The third-order valence-electron chi connectivity index (χ3n) is 11.4. The molecule has 0 aromatic heterocycles. The minimum atomic E-state index is -1.99. The zero-order valence-corrected chi connectivity index (χ0v) is 43.4. The van der Waals surface area contributed by atoms with E-state index in [0.29, 0.717) is 0 Å². The summed E-state index contributed by atoms with van der Waals surface area (Å²) < 4.78 is 0. The second-order valence-electron chi connectivity index (χ2n) is 19.1. The van der Waals surface area contributed by atoms with Crippen molar-refractivity contribution in [3.8, 4) is 0 Å². The highest BCUT2D eigenvalue weighted by molar-refractivity contribution is 6.00. The maximum Gasteiger partial charge on any atom is 0.325 e. The van der Waals surface area contributed by atoms with Gasteiger partial charge < -0.3 is 89.1 Å². The largest absolute Gasteiger partial charge is 0.481 e. The summed E-state index contributed by atoms with van der Waals surface area (Å²) in [4.78, 5) is 191. The molecule has 1 rings (SSSR count). The molecular formula is C45H71N11O21. The van der Waals surface area contributed by atoms with Gasteiger partial charge >= 0.3 is 29.8 Å². The van der Waals surface area contributed by atoms with E-state index in [1.165, 1.54) is 27.7 Å². The van der Waals surface area contributed by atoms with Crippen LogP contribution in [0, 0.1) is 17.8 Å². The Hall–Kier alpha value is -8.03. The molecule has 1 saturated heterocycles. The quantitative estimate of drug-likeness (QED) is 0.0291. The minimum absolute atomic E-state index is 0.0238. The maximum atomic E-state index is 14.1. The third-order valence-corrected chi connectivity index (χ3v) is 11.4. The van der Waals surface area contributed by atoms with Crippen LogP contribution in [0.3, 0.4) is 0 Å². The van der Waals surface area contributed by atoms with E-state index in [-0.39, 0.29) is 31.7 Å². The van der Waals surface area contributed by atoms with Gasteiger partial charge in [0, 0.05) is 6.54 Å². The molecule has 10 atom stereocenters. The maximum absolute atomic E-state index is 14.1. The van der Waals surface area contributed by atoms with E-state index in [1.54, 1.807) is 13.8 Å². The fourth-order valence-corrected chi connectivity index (χ4v) is 7.36. The van der Waals surface area contributed by atoms with Crippen molar-refractivity contribution in [3.05, 3.63) is 0 Å². The van der Waals surface area contributed by atoms with Crippen LogP contribution in [0.5, 0.6) is 0 Å². The molecule has 0 radical (unpaired) electrons. The predicted molar refractivity (Wildman–Crippen MR) is 260 cm³/mol. The van der Waals surface area contributed by atoms with Crippen molar-refractivity contribution >= 4 is 88.9 Å². The Morgan fingerprint density at radius 1 is 0.506 bits per heavy atom. The SMILES string of the molecule is CC(C)C[C@H](NC(=O)[C@H](CO)NC(=O)[C@H](CC(=O)O)NC(=O)CNC(=O)[C@H](CC(=O)O)NC(=O)[C@@H]1CCCN1C(=O)[C@@H](NC(=O)[C@H](CC(=O)O)NC(=O)[C@@H](NC(=O)[C@@H](N)CC(=O)O)C(C)C)C(C)C)C(=O)N[C@@H](C)C(=O)O. The minimum Gasteiger partial charge on any atom is -0.481 e. The lowest BCUT2D eigenvalue weighted by Crippen LogP contribution is -2.61. The van der Waals surface area contributed by atoms with Crippen molar-refractivity contribution in [1.29, 1.82) is 0 Å². The number of aliphatic hydroxyl groups excluding tert-OH is 1. The molecule has 0 bridgehead atoms. The zero-order chi connectivity index (χ0) is 59.2. The van der Waals surface area contributed by atoms with E-state index in [0.717, 1.165) is 11.8 Å². The van der Waals surface area contributed by atoms with Crippen LogP contribution in [-0.4, -0.2) is 205 Å². The molecule has 10 amide bonds. The molecule has 1 fully saturated rings. The van der Waals surface area contributed by atoms with E-state index >= 15 is 0 Å². The summed E-state index contributed by atoms with van der Waals surface area (Å²) in [5, 5.41) is 76.4. The normalized spacial score (nSPS) is 16.6. The fraction of sp³-hybridized carbons (Fsp3) is 0.667. The highest BCUT2D eigenvalue weighted by Gasteiger charge is 2.42. The number of carboxylic acids is 5. The number of carbonyl (C=O) groups is 15. The lowest BCUT2D eigenvalue weighted by molar-refractivity contribution is -0.145. The van der Waals surface area contributed by atoms with Crippen LogP contribution in [0.1, 0.15) is 93.4 Å². The first kappa shape index (κ1) is 67.0. The van der Waals surface area contributed by atoms with Gasteiger partial charge in [-0.15, -0.1) is 0 Å². The lowest BCUT2D eigenvalue weighted by Gasteiger charge is -2.32. The first-order valence-corrected chi connectivity index (χ1v) is 24.2. The number of aliphatic carboxylic acids is 5. The van der Waals surface area contributed by atoms with E-state index in [4.69, 9.17) is 15.9 Å². The zero-order valence-electron chi connectivity index (χ0n) is 43.4. The van der Waals surface area contributed by atoms with Crippen molar-refractivity contribution in [2.24, 2.45) is 23.5 Å². The van der Waals surface area contributed by atoms with Gasteiger partial charge in [0.2, 0.25) is 59.1 Å². The monoisotopic (exact) mass is 1100 g/mol. The van der Waals surface area contributed by atoms with E-state index < -0.39 is 200 Å². The molecule has 0 aliphatic carbocycles. The number of hydrogen-bond acceptors (Lipinski definition) is 17. The molecule has 0 spiro atoms. The number of nitrogens with zero attached hydrogens (tertiary/aromatic N) is 1. The van der Waals surface area contributed by atoms with Crippen LogP contribution in [0.15, 0.2) is 0 Å². The first-order chi connectivity index (χ1) is 35.7. The Balaban J connectivity index is 3.20. The third kappa shape index (κ3) is 23.2. The van der Waals surface area contributed by atoms with Crippen molar-refractivity contribution in [1.82, 2.24) is 52.8 Å². The van der Waals surface area contributed by atoms with Gasteiger partial charge in [-0.05, 0) is 43.9 Å². The molecule has 32 nitrogen and oxygen atoms in total. The van der Waals surface area contributed by atoms with Gasteiger partial charge in [-0.2, -0.15) is 0 Å². The van der Waals surface area contributed by atoms with Crippen LogP contribution in [0.2, 0.25) is 0 Å². The van der Waals surface area contributed by atoms with Crippen molar-refractivity contribution in [2.75, 3.05) is 19.7 Å². The fourth-order valence-electron chi connectivity index (χ4n) is 7.36. The molecule has 1 aliphatic rings. The number of hydrogen-bond donors (Lipinski definition) is 16. The van der Waals surface area contributed by atoms with Crippen molar-refractivity contribution < 1.29 is 103 Å². The topological polar surface area (TPSA) is 515 Å². The summed E-state index contributed by atoms with van der Waals surface area (Å²) in [6.07, 6.45) is -3.93. The van der Waals surface area contributed by atoms with Gasteiger partial charge in [-0.1, -0.05) is 41.5 Å². The van der Waals surface area contributed by atoms with Crippen LogP contribution in [0.25, 0.3) is 0 Å². The summed E-state index contributed by atoms with van der Waals surface area (Å²) in [6, 6.07) is -16.2. The van der Waals surface area contributed by atoms with Gasteiger partial charge in [0.05, 0.1) is 44.9 Å². The Labute approximate surface area is 440 Å². The average molecular weight is 1100 g/mol. The highest BCUT2D eigenvalue weighted by atomic mass is 16.4. The predicted octanol–water partition coefficient (Wildman–Crippen LogP) is -6.35. The first-order valence-electron chi connectivity index (χ1n) is 24.2. The van der Waals surface area contributed by atoms with Crippen molar-refractivity contribution in [3.63, 3.8) is 0 Å². The molecule has 0 unspecified atom stereocenters. The second kappa shape index (κ2) is 31.8. The number of nitrogens with two attached hydrogens (primary N) is 1. The molecule has 432 valence electrons. The highest BCUT2D eigenvalue weighted by Crippen LogP contribution is 2.21. The molecule has 1 aliphatic heterocycles. The van der Waals surface area contributed by atoms with Crippen LogP contribution in [0.4, 0.5) is 0 Å². The standard InChI is InChI=1S/C45H71N11O21/c1-18(2)11-23(38(69)48-21(7)45(76)77)50-41(72)27(17-57)53-39(70)25(14-32(63)64)49-29(58)16-47-37(68)24(13-31(61)62)51-42(73)28-9-8-10-56(28)44(75)35(20(5)6)55-40(71)26(15-33(65)66)52-43(74)34(19(3)4)54-36(67)22(46)12-30(59)60/h18-28,34-35,57H,8-17,46H2,1-7H3,(H,47,68)(H,48,69)(H,49,58)(H,50,72)(H,51,73)(H,52,74)(H,53,70)(H,54,67)(H,55,71)(H,59,60)(H,61,62)(H,63,64)(H,65,66)(H,76,77)/t21-,22-,23-,24-,25-,26-,27-,28-,34-,35-/m0/s1. The second-order valence-corrected chi connectivity index (χ2v) is 19.1. The summed E-state index contributed by atoms with van der Waals surface area (Å²) in [7, 11) is 0. The van der Waals surface area contributed by atoms with Crippen LogP contribution < -0.4 is 53.6 Å². The summed E-state index contributed by atoms with van der Waals surface area (Å²) in [5.41, 5.74) is 5.60. The van der Waals surface area contributed by atoms with Gasteiger partial charge in [-0.25, -0.2) is 0 Å². The molecule has 77 heavy (non-hydrogen) atoms. The Bertz CT molecular complexity index is 2230. The Kier molecular flexibility index (Phi) is 27.6. The van der Waals surface area contributed by atoms with Gasteiger partial charge in [0.25, 0.3) is 0 Å². The van der Waals surface area contributed by atoms with E-state index in [9.17, 15) is 92.3 Å². The van der Waals surface area contributed by atoms with Gasteiger partial charge in [0.15, 0.2) is 0 Å². The molecule has 1 heterocycles.